The monoisotopic (exact) mass is 389 g/mol. The maximum Gasteiger partial charge on any atom is 0.303 e. The highest BCUT2D eigenvalue weighted by atomic mass is 32.1. The number of carboxylic acids is 1. The molecule has 0 saturated heterocycles. The van der Waals surface area contributed by atoms with Gasteiger partial charge in [-0.25, -0.2) is 9.97 Å². The van der Waals surface area contributed by atoms with Crippen LogP contribution in [0, 0.1) is 5.92 Å². The van der Waals surface area contributed by atoms with Gasteiger partial charge in [-0.15, -0.1) is 11.3 Å². The number of aliphatic carboxylic acids is 1. The highest BCUT2D eigenvalue weighted by Gasteiger charge is 2.29. The van der Waals surface area contributed by atoms with E-state index in [-0.39, 0.29) is 18.4 Å². The highest BCUT2D eigenvalue weighted by molar-refractivity contribution is 7.18. The van der Waals surface area contributed by atoms with Crippen molar-refractivity contribution in [3.8, 4) is 5.88 Å². The van der Waals surface area contributed by atoms with Gasteiger partial charge in [0, 0.05) is 17.3 Å². The lowest BCUT2D eigenvalue weighted by atomic mass is 9.85. The molecular formula is C20H27N3O3S. The van der Waals surface area contributed by atoms with Crippen molar-refractivity contribution in [2.24, 2.45) is 5.92 Å². The number of carboxylic acid groups (broad SMARTS) is 1. The van der Waals surface area contributed by atoms with Gasteiger partial charge in [0.1, 0.15) is 17.3 Å². The Labute approximate surface area is 163 Å². The molecule has 7 heteroatoms. The SMILES string of the molecule is CN(C)C1CCC(Oc2ncnc3sc4c(c23)C[C@H](CC(=O)O)CC4)CC1. The number of aromatic nitrogens is 2. The van der Waals surface area contributed by atoms with Gasteiger partial charge >= 0.3 is 5.97 Å². The lowest BCUT2D eigenvalue weighted by Gasteiger charge is -2.32. The molecule has 2 aliphatic rings. The summed E-state index contributed by atoms with van der Waals surface area (Å²) in [7, 11) is 4.29. The normalized spacial score (nSPS) is 25.5. The molecule has 0 aliphatic heterocycles. The molecule has 1 fully saturated rings. The van der Waals surface area contributed by atoms with Crippen molar-refractivity contribution >= 4 is 27.5 Å². The Morgan fingerprint density at radius 3 is 2.74 bits per heavy atom. The van der Waals surface area contributed by atoms with Crippen LogP contribution in [0.1, 0.15) is 49.0 Å². The van der Waals surface area contributed by atoms with Crippen LogP contribution in [0.2, 0.25) is 0 Å². The second-order valence-corrected chi connectivity index (χ2v) is 9.17. The molecule has 0 radical (unpaired) electrons. The summed E-state index contributed by atoms with van der Waals surface area (Å²) in [6.45, 7) is 0. The summed E-state index contributed by atoms with van der Waals surface area (Å²) in [6, 6.07) is 0.640. The van der Waals surface area contributed by atoms with Crippen LogP contribution in [0.15, 0.2) is 6.33 Å². The summed E-state index contributed by atoms with van der Waals surface area (Å²) in [5, 5.41) is 10.2. The standard InChI is InChI=1S/C20H27N3O3S/c1-23(2)13-4-6-14(7-5-13)26-19-18-15-9-12(10-17(24)25)3-8-16(15)27-20(18)22-11-21-19/h11-14H,3-10H2,1-2H3,(H,24,25)/t12-,13?,14?/m1/s1. The van der Waals surface area contributed by atoms with Crippen molar-refractivity contribution in [2.75, 3.05) is 14.1 Å². The van der Waals surface area contributed by atoms with Gasteiger partial charge in [-0.1, -0.05) is 0 Å². The lowest BCUT2D eigenvalue weighted by molar-refractivity contribution is -0.138. The first-order valence-electron chi connectivity index (χ1n) is 9.81. The molecule has 1 N–H and O–H groups in total. The van der Waals surface area contributed by atoms with E-state index in [2.05, 4.69) is 29.0 Å². The fourth-order valence-corrected chi connectivity index (χ4v) is 5.67. The first kappa shape index (κ1) is 18.6. The molecule has 6 nitrogen and oxygen atoms in total. The van der Waals surface area contributed by atoms with Gasteiger partial charge in [-0.3, -0.25) is 4.79 Å². The number of rotatable bonds is 5. The Bertz CT molecular complexity index is 827. The van der Waals surface area contributed by atoms with Gasteiger partial charge in [-0.05, 0) is 70.5 Å². The summed E-state index contributed by atoms with van der Waals surface area (Å²) < 4.78 is 6.36. The largest absolute Gasteiger partial charge is 0.481 e. The summed E-state index contributed by atoms with van der Waals surface area (Å²) in [5.41, 5.74) is 1.23. The van der Waals surface area contributed by atoms with Crippen molar-refractivity contribution in [1.82, 2.24) is 14.9 Å². The third-order valence-corrected chi connectivity index (χ3v) is 7.22. The molecule has 2 aromatic rings. The zero-order chi connectivity index (χ0) is 19.0. The summed E-state index contributed by atoms with van der Waals surface area (Å²) in [5.74, 6) is 0.173. The number of hydrogen-bond acceptors (Lipinski definition) is 6. The van der Waals surface area contributed by atoms with Gasteiger partial charge in [0.15, 0.2) is 0 Å². The van der Waals surface area contributed by atoms with Crippen molar-refractivity contribution in [3.63, 3.8) is 0 Å². The molecule has 0 spiro atoms. The predicted molar refractivity (Wildman–Crippen MR) is 106 cm³/mol. The first-order chi connectivity index (χ1) is 13.0. The summed E-state index contributed by atoms with van der Waals surface area (Å²) in [6.07, 6.45) is 9.07. The van der Waals surface area contributed by atoms with E-state index < -0.39 is 5.97 Å². The topological polar surface area (TPSA) is 75.5 Å². The van der Waals surface area contributed by atoms with Crippen LogP contribution in [0.25, 0.3) is 10.2 Å². The van der Waals surface area contributed by atoms with Crippen LogP contribution in [-0.2, 0) is 17.6 Å². The van der Waals surface area contributed by atoms with Gasteiger partial charge in [0.25, 0.3) is 0 Å². The minimum atomic E-state index is -0.714. The zero-order valence-electron chi connectivity index (χ0n) is 16.0. The number of carbonyl (C=O) groups is 1. The Hall–Kier alpha value is -1.73. The molecule has 0 amide bonds. The predicted octanol–water partition coefficient (Wildman–Crippen LogP) is 3.52. The maximum atomic E-state index is 11.1. The third kappa shape index (κ3) is 3.94. The number of aryl methyl sites for hydroxylation is 1. The van der Waals surface area contributed by atoms with Crippen LogP contribution >= 0.6 is 11.3 Å². The van der Waals surface area contributed by atoms with Crippen LogP contribution in [0.4, 0.5) is 0 Å². The van der Waals surface area contributed by atoms with Crippen molar-refractivity contribution in [2.45, 2.75) is 63.5 Å². The Kier molecular flexibility index (Phi) is 5.32. The van der Waals surface area contributed by atoms with E-state index in [1.807, 2.05) is 0 Å². The number of fused-ring (bicyclic) bond motifs is 3. The molecule has 0 unspecified atom stereocenters. The molecular weight excluding hydrogens is 362 g/mol. The van der Waals surface area contributed by atoms with E-state index in [0.29, 0.717) is 11.9 Å². The van der Waals surface area contributed by atoms with Gasteiger partial charge in [0.05, 0.1) is 5.39 Å². The second-order valence-electron chi connectivity index (χ2n) is 8.08. The Morgan fingerprint density at radius 2 is 2.04 bits per heavy atom. The van der Waals surface area contributed by atoms with Crippen LogP contribution < -0.4 is 4.74 Å². The minimum absolute atomic E-state index is 0.191. The lowest BCUT2D eigenvalue weighted by Crippen LogP contribution is -2.35. The molecule has 2 aliphatic carbocycles. The van der Waals surface area contributed by atoms with E-state index in [0.717, 1.165) is 55.2 Å². The summed E-state index contributed by atoms with van der Waals surface area (Å²) >= 11 is 1.72. The molecule has 0 aromatic carbocycles. The second kappa shape index (κ2) is 7.72. The first-order valence-corrected chi connectivity index (χ1v) is 10.6. The van der Waals surface area contributed by atoms with Crippen LogP contribution in [0.3, 0.4) is 0 Å². The van der Waals surface area contributed by atoms with Gasteiger partial charge < -0.3 is 14.7 Å². The van der Waals surface area contributed by atoms with Crippen molar-refractivity contribution in [1.29, 1.82) is 0 Å². The van der Waals surface area contributed by atoms with Crippen molar-refractivity contribution < 1.29 is 14.6 Å². The molecule has 4 rings (SSSR count). The third-order valence-electron chi connectivity index (χ3n) is 6.02. The number of thiophene rings is 1. The quantitative estimate of drug-likeness (QED) is 0.843. The molecule has 0 bridgehead atoms. The van der Waals surface area contributed by atoms with E-state index >= 15 is 0 Å². The van der Waals surface area contributed by atoms with E-state index in [1.54, 1.807) is 17.7 Å². The molecule has 1 atom stereocenters. The fraction of sp³-hybridized carbons (Fsp3) is 0.650. The van der Waals surface area contributed by atoms with Gasteiger partial charge in [0.2, 0.25) is 5.88 Å². The van der Waals surface area contributed by atoms with E-state index in [4.69, 9.17) is 9.84 Å². The van der Waals surface area contributed by atoms with Crippen molar-refractivity contribution in [3.05, 3.63) is 16.8 Å². The smallest absolute Gasteiger partial charge is 0.303 e. The average Bonchev–Trinajstić information content (AvgIpc) is 3.00. The van der Waals surface area contributed by atoms with E-state index in [1.165, 1.54) is 10.4 Å². The van der Waals surface area contributed by atoms with Gasteiger partial charge in [-0.2, -0.15) is 0 Å². The Morgan fingerprint density at radius 1 is 1.26 bits per heavy atom. The maximum absolute atomic E-state index is 11.1. The highest BCUT2D eigenvalue weighted by Crippen LogP contribution is 2.41. The molecule has 146 valence electrons. The number of nitrogens with zero attached hydrogens (tertiary/aromatic N) is 3. The van der Waals surface area contributed by atoms with Crippen LogP contribution in [-0.4, -0.2) is 52.2 Å². The molecule has 1 saturated carbocycles. The molecule has 27 heavy (non-hydrogen) atoms. The molecule has 2 heterocycles. The molecule has 2 aromatic heterocycles. The zero-order valence-corrected chi connectivity index (χ0v) is 16.8. The van der Waals surface area contributed by atoms with Crippen LogP contribution in [0.5, 0.6) is 5.88 Å². The van der Waals surface area contributed by atoms with E-state index in [9.17, 15) is 4.79 Å². The average molecular weight is 390 g/mol. The number of ether oxygens (including phenoxy) is 1. The summed E-state index contributed by atoms with van der Waals surface area (Å²) in [4.78, 5) is 24.7. The Balaban J connectivity index is 1.56. The fourth-order valence-electron chi connectivity index (χ4n) is 4.50. The minimum Gasteiger partial charge on any atom is -0.481 e. The number of hydrogen-bond donors (Lipinski definition) is 1.